The molecule has 0 aliphatic heterocycles. The van der Waals surface area contributed by atoms with Crippen LogP contribution >= 0.6 is 11.6 Å². The van der Waals surface area contributed by atoms with E-state index in [1.54, 1.807) is 0 Å². The molecule has 0 saturated carbocycles. The zero-order valence-electron chi connectivity index (χ0n) is 11.2. The van der Waals surface area contributed by atoms with Crippen LogP contribution in [0.2, 0.25) is 0 Å². The van der Waals surface area contributed by atoms with Gasteiger partial charge in [0.2, 0.25) is 5.24 Å². The molecule has 1 nitrogen and oxygen atoms in total. The fourth-order valence-electron chi connectivity index (χ4n) is 2.47. The van der Waals surface area contributed by atoms with Crippen molar-refractivity contribution in [3.8, 4) is 0 Å². The van der Waals surface area contributed by atoms with Crippen LogP contribution in [0.1, 0.15) is 23.6 Å². The molecule has 0 radical (unpaired) electrons. The maximum atomic E-state index is 12.0. The topological polar surface area (TPSA) is 17.1 Å². The predicted octanol–water partition coefficient (Wildman–Crippen LogP) is 4.26. The summed E-state index contributed by atoms with van der Waals surface area (Å²) in [5, 5.41) is -0.314. The van der Waals surface area contributed by atoms with Gasteiger partial charge in [-0.3, -0.25) is 4.79 Å². The van der Waals surface area contributed by atoms with Gasteiger partial charge in [0, 0.05) is 0 Å². The summed E-state index contributed by atoms with van der Waals surface area (Å²) in [4.78, 5) is 12.0. The van der Waals surface area contributed by atoms with Gasteiger partial charge in [0.05, 0.1) is 5.41 Å². The van der Waals surface area contributed by atoms with E-state index in [-0.39, 0.29) is 5.24 Å². The highest BCUT2D eigenvalue weighted by atomic mass is 35.5. The van der Waals surface area contributed by atoms with Crippen molar-refractivity contribution in [2.45, 2.75) is 25.7 Å². The number of carbonyl (C=O) groups excluding carboxylic acids is 1. The van der Waals surface area contributed by atoms with Crippen molar-refractivity contribution in [3.63, 3.8) is 0 Å². The Bertz CT molecular complexity index is 577. The Hall–Kier alpha value is -1.60. The first kappa shape index (κ1) is 13.8. The average Bonchev–Trinajstić information content (AvgIpc) is 2.40. The third kappa shape index (κ3) is 2.87. The number of benzene rings is 2. The SMILES string of the molecule is Cc1ccccc1C(C)(Cc1ccccc1)C(=O)Cl. The smallest absolute Gasteiger partial charge is 0.232 e. The molecule has 2 aromatic carbocycles. The normalized spacial score (nSPS) is 13.8. The molecular formula is C17H17ClO. The lowest BCUT2D eigenvalue weighted by molar-refractivity contribution is -0.116. The van der Waals surface area contributed by atoms with Crippen LogP contribution in [0.5, 0.6) is 0 Å². The fourth-order valence-corrected chi connectivity index (χ4v) is 2.64. The van der Waals surface area contributed by atoms with Crippen LogP contribution in [0.25, 0.3) is 0 Å². The summed E-state index contributed by atoms with van der Waals surface area (Å²) in [5.41, 5.74) is 2.52. The second-order valence-corrected chi connectivity index (χ2v) is 5.43. The number of hydrogen-bond acceptors (Lipinski definition) is 1. The van der Waals surface area contributed by atoms with Gasteiger partial charge in [-0.05, 0) is 48.6 Å². The first-order valence-corrected chi connectivity index (χ1v) is 6.72. The van der Waals surface area contributed by atoms with Crippen LogP contribution in [0.3, 0.4) is 0 Å². The second-order valence-electron chi connectivity index (χ2n) is 5.08. The summed E-state index contributed by atoms with van der Waals surface area (Å²) >= 11 is 5.90. The highest BCUT2D eigenvalue weighted by Gasteiger charge is 2.35. The highest BCUT2D eigenvalue weighted by Crippen LogP contribution is 2.32. The molecule has 0 N–H and O–H groups in total. The molecule has 0 heterocycles. The van der Waals surface area contributed by atoms with Crippen LogP contribution in [-0.2, 0) is 16.6 Å². The minimum absolute atomic E-state index is 0.314. The van der Waals surface area contributed by atoms with Crippen LogP contribution in [-0.4, -0.2) is 5.24 Å². The Balaban J connectivity index is 2.45. The Kier molecular flexibility index (Phi) is 4.06. The summed E-state index contributed by atoms with van der Waals surface area (Å²) < 4.78 is 0. The van der Waals surface area contributed by atoms with Crippen molar-refractivity contribution in [3.05, 3.63) is 71.3 Å². The first-order chi connectivity index (χ1) is 9.04. The van der Waals surface area contributed by atoms with Crippen molar-refractivity contribution in [1.29, 1.82) is 0 Å². The zero-order valence-corrected chi connectivity index (χ0v) is 11.9. The van der Waals surface area contributed by atoms with E-state index in [1.165, 1.54) is 0 Å². The number of hydrogen-bond donors (Lipinski definition) is 0. The average molecular weight is 273 g/mol. The summed E-state index contributed by atoms with van der Waals surface area (Å²) in [6, 6.07) is 17.9. The van der Waals surface area contributed by atoms with E-state index in [0.717, 1.165) is 16.7 Å². The van der Waals surface area contributed by atoms with Gasteiger partial charge in [0.15, 0.2) is 0 Å². The van der Waals surface area contributed by atoms with E-state index >= 15 is 0 Å². The van der Waals surface area contributed by atoms with Gasteiger partial charge in [0.25, 0.3) is 0 Å². The molecule has 0 bridgehead atoms. The maximum Gasteiger partial charge on any atom is 0.232 e. The predicted molar refractivity (Wildman–Crippen MR) is 79.5 cm³/mol. The lowest BCUT2D eigenvalue weighted by Gasteiger charge is -2.27. The zero-order chi connectivity index (χ0) is 13.9. The Morgan fingerprint density at radius 1 is 1.05 bits per heavy atom. The monoisotopic (exact) mass is 272 g/mol. The lowest BCUT2D eigenvalue weighted by Crippen LogP contribution is -2.32. The molecule has 0 aromatic heterocycles. The van der Waals surface area contributed by atoms with Crippen molar-refractivity contribution in [2.24, 2.45) is 0 Å². The van der Waals surface area contributed by atoms with E-state index in [9.17, 15) is 4.79 Å². The lowest BCUT2D eigenvalue weighted by atomic mass is 9.76. The quantitative estimate of drug-likeness (QED) is 0.760. The summed E-state index contributed by atoms with van der Waals surface area (Å²) in [6.07, 6.45) is 0.612. The summed E-state index contributed by atoms with van der Waals surface area (Å²) in [7, 11) is 0. The molecule has 2 aromatic rings. The fraction of sp³-hybridized carbons (Fsp3) is 0.235. The van der Waals surface area contributed by atoms with Gasteiger partial charge in [-0.1, -0.05) is 54.6 Å². The van der Waals surface area contributed by atoms with E-state index in [2.05, 4.69) is 0 Å². The Morgan fingerprint density at radius 3 is 2.21 bits per heavy atom. The Morgan fingerprint density at radius 2 is 1.63 bits per heavy atom. The van der Waals surface area contributed by atoms with Gasteiger partial charge in [-0.2, -0.15) is 0 Å². The molecule has 0 aliphatic carbocycles. The van der Waals surface area contributed by atoms with Gasteiger partial charge in [0.1, 0.15) is 0 Å². The van der Waals surface area contributed by atoms with Crippen LogP contribution in [0.15, 0.2) is 54.6 Å². The molecule has 1 unspecified atom stereocenters. The number of halogens is 1. The number of carbonyl (C=O) groups is 1. The molecule has 1 atom stereocenters. The standard InChI is InChI=1S/C17H17ClO/c1-13-8-6-7-11-15(13)17(2,16(18)19)12-14-9-4-3-5-10-14/h3-11H,12H2,1-2H3. The molecule has 0 saturated heterocycles. The second kappa shape index (κ2) is 5.58. The van der Waals surface area contributed by atoms with Gasteiger partial charge in [-0.15, -0.1) is 0 Å². The van der Waals surface area contributed by atoms with Crippen molar-refractivity contribution in [2.75, 3.05) is 0 Å². The third-order valence-corrected chi connectivity index (χ3v) is 3.99. The van der Waals surface area contributed by atoms with Crippen LogP contribution in [0.4, 0.5) is 0 Å². The molecule has 19 heavy (non-hydrogen) atoms. The van der Waals surface area contributed by atoms with E-state index in [1.807, 2.05) is 68.4 Å². The number of aryl methyl sites for hydroxylation is 1. The summed E-state index contributed by atoms with van der Waals surface area (Å²) in [6.45, 7) is 3.93. The number of rotatable bonds is 4. The molecule has 0 spiro atoms. The molecule has 0 aliphatic rings. The van der Waals surface area contributed by atoms with E-state index in [4.69, 9.17) is 11.6 Å². The minimum Gasteiger partial charge on any atom is -0.280 e. The first-order valence-electron chi connectivity index (χ1n) is 6.34. The van der Waals surface area contributed by atoms with Crippen molar-refractivity contribution < 1.29 is 4.79 Å². The highest BCUT2D eigenvalue weighted by molar-refractivity contribution is 6.65. The van der Waals surface area contributed by atoms with Crippen molar-refractivity contribution >= 4 is 16.8 Å². The van der Waals surface area contributed by atoms with Crippen LogP contribution < -0.4 is 0 Å². The third-order valence-electron chi connectivity index (χ3n) is 3.57. The van der Waals surface area contributed by atoms with Crippen LogP contribution in [0, 0.1) is 6.92 Å². The Labute approximate surface area is 119 Å². The molecule has 98 valence electrons. The van der Waals surface area contributed by atoms with Gasteiger partial charge >= 0.3 is 0 Å². The minimum atomic E-state index is -0.686. The molecule has 0 fully saturated rings. The molecule has 2 heteroatoms. The maximum absolute atomic E-state index is 12.0. The van der Waals surface area contributed by atoms with E-state index < -0.39 is 5.41 Å². The largest absolute Gasteiger partial charge is 0.280 e. The molecule has 2 rings (SSSR count). The van der Waals surface area contributed by atoms with Gasteiger partial charge in [-0.25, -0.2) is 0 Å². The van der Waals surface area contributed by atoms with Crippen molar-refractivity contribution in [1.82, 2.24) is 0 Å². The molecular weight excluding hydrogens is 256 g/mol. The van der Waals surface area contributed by atoms with Gasteiger partial charge < -0.3 is 0 Å². The van der Waals surface area contributed by atoms with E-state index in [0.29, 0.717) is 6.42 Å². The summed E-state index contributed by atoms with van der Waals surface area (Å²) in [5.74, 6) is 0. The molecule has 0 amide bonds.